The Kier molecular flexibility index (Phi) is 6.71. The molecule has 5 heteroatoms. The molecule has 0 aliphatic carbocycles. The fourth-order valence-electron chi connectivity index (χ4n) is 1.72. The summed E-state index contributed by atoms with van der Waals surface area (Å²) in [5, 5.41) is 0. The maximum Gasteiger partial charge on any atom is 0.324 e. The highest BCUT2D eigenvalue weighted by atomic mass is 32.2. The van der Waals surface area contributed by atoms with E-state index in [1.807, 2.05) is 58.9 Å². The molecule has 0 heterocycles. The van der Waals surface area contributed by atoms with E-state index in [-0.39, 0.29) is 17.9 Å². The minimum absolute atomic E-state index is 0.136. The summed E-state index contributed by atoms with van der Waals surface area (Å²) in [6.45, 7) is 10.1. The molecule has 0 spiro atoms. The molecular weight excluding hydrogens is 284 g/mol. The number of nitrogens with two attached hydrogens (primary N) is 1. The second-order valence-electron chi connectivity index (χ2n) is 6.29. The Morgan fingerprint density at radius 1 is 1.33 bits per heavy atom. The number of ether oxygens (including phenoxy) is 1. The molecule has 0 fully saturated rings. The monoisotopic (exact) mass is 310 g/mol. The van der Waals surface area contributed by atoms with E-state index in [9.17, 15) is 4.79 Å². The standard InChI is InChI=1S/C16H26N2O2S/c1-11(2)14(15(19)20-16(3,4)5)18-21-13-9-7-6-8-12(13)10-17/h6-9,11,14,18H,10,17H2,1-5H3/t14-/m0/s1. The molecule has 0 aliphatic rings. The van der Waals surface area contributed by atoms with Gasteiger partial charge in [-0.2, -0.15) is 0 Å². The highest BCUT2D eigenvalue weighted by Gasteiger charge is 2.27. The van der Waals surface area contributed by atoms with Crippen LogP contribution < -0.4 is 10.5 Å². The van der Waals surface area contributed by atoms with E-state index >= 15 is 0 Å². The molecule has 0 unspecified atom stereocenters. The molecule has 118 valence electrons. The molecule has 1 atom stereocenters. The van der Waals surface area contributed by atoms with Crippen molar-refractivity contribution in [2.75, 3.05) is 0 Å². The van der Waals surface area contributed by atoms with Crippen molar-refractivity contribution < 1.29 is 9.53 Å². The normalized spacial score (nSPS) is 13.3. The van der Waals surface area contributed by atoms with Crippen LogP contribution in [-0.4, -0.2) is 17.6 Å². The first-order chi connectivity index (χ1) is 9.74. The van der Waals surface area contributed by atoms with Gasteiger partial charge in [-0.3, -0.25) is 4.79 Å². The highest BCUT2D eigenvalue weighted by molar-refractivity contribution is 7.97. The Labute approximate surface area is 132 Å². The molecule has 4 nitrogen and oxygen atoms in total. The number of esters is 1. The minimum Gasteiger partial charge on any atom is -0.459 e. The summed E-state index contributed by atoms with van der Waals surface area (Å²) < 4.78 is 8.69. The number of hydrogen-bond acceptors (Lipinski definition) is 5. The lowest BCUT2D eigenvalue weighted by atomic mass is 10.1. The van der Waals surface area contributed by atoms with Gasteiger partial charge < -0.3 is 10.5 Å². The van der Waals surface area contributed by atoms with Gasteiger partial charge in [0.1, 0.15) is 11.6 Å². The molecular formula is C16H26N2O2S. The third kappa shape index (κ3) is 6.08. The van der Waals surface area contributed by atoms with Crippen molar-refractivity contribution in [2.24, 2.45) is 11.7 Å². The first-order valence-corrected chi connectivity index (χ1v) is 7.99. The summed E-state index contributed by atoms with van der Waals surface area (Å²) in [5.74, 6) is -0.0902. The number of rotatable bonds is 6. The van der Waals surface area contributed by atoms with E-state index in [4.69, 9.17) is 10.5 Å². The molecule has 0 saturated heterocycles. The average Bonchev–Trinajstić information content (AvgIpc) is 2.36. The molecule has 21 heavy (non-hydrogen) atoms. The number of nitrogens with one attached hydrogen (secondary N) is 1. The van der Waals surface area contributed by atoms with Gasteiger partial charge in [0, 0.05) is 11.4 Å². The molecule has 0 saturated carbocycles. The lowest BCUT2D eigenvalue weighted by Gasteiger charge is -2.26. The fraction of sp³-hybridized carbons (Fsp3) is 0.562. The minimum atomic E-state index is -0.480. The van der Waals surface area contributed by atoms with Crippen molar-refractivity contribution in [3.63, 3.8) is 0 Å². The van der Waals surface area contributed by atoms with Crippen LogP contribution in [0.2, 0.25) is 0 Å². The van der Waals surface area contributed by atoms with Crippen LogP contribution in [0.25, 0.3) is 0 Å². The summed E-state index contributed by atoms with van der Waals surface area (Å²) >= 11 is 1.43. The van der Waals surface area contributed by atoms with Crippen LogP contribution in [0.4, 0.5) is 0 Å². The lowest BCUT2D eigenvalue weighted by Crippen LogP contribution is -2.41. The van der Waals surface area contributed by atoms with Crippen LogP contribution >= 0.6 is 11.9 Å². The lowest BCUT2D eigenvalue weighted by molar-refractivity contribution is -0.158. The zero-order valence-corrected chi connectivity index (χ0v) is 14.3. The van der Waals surface area contributed by atoms with E-state index in [1.54, 1.807) is 0 Å². The van der Waals surface area contributed by atoms with Crippen LogP contribution in [0.1, 0.15) is 40.2 Å². The van der Waals surface area contributed by atoms with Gasteiger partial charge in [-0.05, 0) is 50.3 Å². The number of benzene rings is 1. The highest BCUT2D eigenvalue weighted by Crippen LogP contribution is 2.22. The Morgan fingerprint density at radius 2 is 1.95 bits per heavy atom. The number of carbonyl (C=O) groups excluding carboxylic acids is 1. The smallest absolute Gasteiger partial charge is 0.324 e. The van der Waals surface area contributed by atoms with E-state index in [1.165, 1.54) is 11.9 Å². The quantitative estimate of drug-likeness (QED) is 0.624. The molecule has 1 aromatic carbocycles. The maximum absolute atomic E-state index is 12.3. The second-order valence-corrected chi connectivity index (χ2v) is 7.17. The predicted octanol–water partition coefficient (Wildman–Crippen LogP) is 3.11. The zero-order chi connectivity index (χ0) is 16.0. The van der Waals surface area contributed by atoms with E-state index in [2.05, 4.69) is 4.72 Å². The molecule has 0 amide bonds. The molecule has 0 aliphatic heterocycles. The molecule has 1 rings (SSSR count). The van der Waals surface area contributed by atoms with E-state index in [0.717, 1.165) is 10.5 Å². The Morgan fingerprint density at radius 3 is 2.48 bits per heavy atom. The van der Waals surface area contributed by atoms with E-state index in [0.29, 0.717) is 6.54 Å². The summed E-state index contributed by atoms with van der Waals surface area (Å²) in [7, 11) is 0. The zero-order valence-electron chi connectivity index (χ0n) is 13.5. The fourth-order valence-corrected chi connectivity index (χ4v) is 2.77. The summed E-state index contributed by atoms with van der Waals surface area (Å²) in [6, 6.07) is 7.54. The average molecular weight is 310 g/mol. The molecule has 0 radical (unpaired) electrons. The number of carbonyl (C=O) groups is 1. The molecule has 3 N–H and O–H groups in total. The Hall–Kier alpha value is -1.04. The van der Waals surface area contributed by atoms with Gasteiger partial charge in [-0.1, -0.05) is 32.0 Å². The van der Waals surface area contributed by atoms with Gasteiger partial charge in [0.25, 0.3) is 0 Å². The third-order valence-corrected chi connectivity index (χ3v) is 3.81. The Bertz CT molecular complexity index is 470. The molecule has 0 aromatic heterocycles. The van der Waals surface area contributed by atoms with Crippen molar-refractivity contribution in [3.8, 4) is 0 Å². The summed E-state index contributed by atoms with van der Waals surface area (Å²) in [5.41, 5.74) is 6.30. The molecule has 0 bridgehead atoms. The molecule has 1 aromatic rings. The van der Waals surface area contributed by atoms with Crippen molar-refractivity contribution in [1.29, 1.82) is 0 Å². The Balaban J connectivity index is 2.73. The van der Waals surface area contributed by atoms with Crippen molar-refractivity contribution in [1.82, 2.24) is 4.72 Å². The topological polar surface area (TPSA) is 64.3 Å². The van der Waals surface area contributed by atoms with Crippen molar-refractivity contribution in [2.45, 2.75) is 57.7 Å². The first kappa shape index (κ1) is 18.0. The van der Waals surface area contributed by atoms with Crippen LogP contribution in [0, 0.1) is 5.92 Å². The SMILES string of the molecule is CC(C)[C@H](NSc1ccccc1CN)C(=O)OC(C)(C)C. The van der Waals surface area contributed by atoms with Crippen LogP contribution in [0.5, 0.6) is 0 Å². The van der Waals surface area contributed by atoms with E-state index < -0.39 is 5.60 Å². The number of hydrogen-bond donors (Lipinski definition) is 2. The second kappa shape index (κ2) is 7.82. The van der Waals surface area contributed by atoms with Crippen LogP contribution in [0.3, 0.4) is 0 Å². The maximum atomic E-state index is 12.3. The van der Waals surface area contributed by atoms with Gasteiger partial charge in [0.05, 0.1) is 0 Å². The van der Waals surface area contributed by atoms with Gasteiger partial charge in [-0.15, -0.1) is 0 Å². The summed E-state index contributed by atoms with van der Waals surface area (Å²) in [4.78, 5) is 13.3. The van der Waals surface area contributed by atoms with Gasteiger partial charge >= 0.3 is 5.97 Å². The summed E-state index contributed by atoms with van der Waals surface area (Å²) in [6.07, 6.45) is 0. The van der Waals surface area contributed by atoms with Crippen molar-refractivity contribution in [3.05, 3.63) is 29.8 Å². The van der Waals surface area contributed by atoms with Gasteiger partial charge in [0.2, 0.25) is 0 Å². The van der Waals surface area contributed by atoms with Crippen LogP contribution in [0.15, 0.2) is 29.2 Å². The third-order valence-electron chi connectivity index (χ3n) is 2.82. The first-order valence-electron chi connectivity index (χ1n) is 7.18. The largest absolute Gasteiger partial charge is 0.459 e. The van der Waals surface area contributed by atoms with Crippen molar-refractivity contribution >= 4 is 17.9 Å². The predicted molar refractivity (Wildman–Crippen MR) is 87.8 cm³/mol. The van der Waals surface area contributed by atoms with Crippen LogP contribution in [-0.2, 0) is 16.1 Å². The van der Waals surface area contributed by atoms with Gasteiger partial charge in [-0.25, -0.2) is 4.72 Å². The van der Waals surface area contributed by atoms with Gasteiger partial charge in [0.15, 0.2) is 0 Å².